The Kier molecular flexibility index (Phi) is 5.87. The highest BCUT2D eigenvalue weighted by Gasteiger charge is 2.22. The third kappa shape index (κ3) is 4.36. The molecule has 0 saturated carbocycles. The van der Waals surface area contributed by atoms with E-state index >= 15 is 0 Å². The standard InChI is InChI=1S/C16H24N2O3/c1-3-20-14-8-4-5-9-15(14)21-12-16(19)18-10-6-7-13(11-18)17-2/h4-5,8-9,13,17H,3,6-7,10-12H2,1-2H3. The second kappa shape index (κ2) is 7.88. The van der Waals surface area contributed by atoms with Gasteiger partial charge in [0, 0.05) is 19.1 Å². The van der Waals surface area contributed by atoms with Crippen LogP contribution in [0.5, 0.6) is 11.5 Å². The summed E-state index contributed by atoms with van der Waals surface area (Å²) in [7, 11) is 1.94. The third-order valence-corrected chi connectivity index (χ3v) is 3.68. The van der Waals surface area contributed by atoms with Gasteiger partial charge in [-0.1, -0.05) is 12.1 Å². The van der Waals surface area contributed by atoms with E-state index in [0.29, 0.717) is 24.1 Å². The number of hydrogen-bond acceptors (Lipinski definition) is 4. The lowest BCUT2D eigenvalue weighted by Crippen LogP contribution is -2.48. The van der Waals surface area contributed by atoms with E-state index in [1.165, 1.54) is 0 Å². The molecule has 21 heavy (non-hydrogen) atoms. The first-order valence-electron chi connectivity index (χ1n) is 7.54. The van der Waals surface area contributed by atoms with Crippen LogP contribution in [0.25, 0.3) is 0 Å². The number of likely N-dealkylation sites (N-methyl/N-ethyl adjacent to an activating group) is 1. The maximum Gasteiger partial charge on any atom is 0.260 e. The Morgan fingerprint density at radius 2 is 2.05 bits per heavy atom. The van der Waals surface area contributed by atoms with Crippen LogP contribution in [0.15, 0.2) is 24.3 Å². The molecular weight excluding hydrogens is 268 g/mol. The minimum absolute atomic E-state index is 0.0289. The van der Waals surface area contributed by atoms with Crippen molar-refractivity contribution in [1.29, 1.82) is 0 Å². The van der Waals surface area contributed by atoms with E-state index in [9.17, 15) is 4.79 Å². The smallest absolute Gasteiger partial charge is 0.260 e. The number of ether oxygens (including phenoxy) is 2. The molecule has 1 atom stereocenters. The van der Waals surface area contributed by atoms with Crippen LogP contribution >= 0.6 is 0 Å². The second-order valence-electron chi connectivity index (χ2n) is 5.14. The Morgan fingerprint density at radius 1 is 1.33 bits per heavy atom. The molecule has 116 valence electrons. The predicted octanol–water partition coefficient (Wildman–Crippen LogP) is 1.67. The highest BCUT2D eigenvalue weighted by molar-refractivity contribution is 5.78. The summed E-state index contributed by atoms with van der Waals surface area (Å²) in [6.07, 6.45) is 2.15. The zero-order valence-electron chi connectivity index (χ0n) is 12.8. The monoisotopic (exact) mass is 292 g/mol. The molecule has 0 aliphatic carbocycles. The minimum Gasteiger partial charge on any atom is -0.490 e. The Bertz CT molecular complexity index is 465. The van der Waals surface area contributed by atoms with Crippen molar-refractivity contribution in [2.24, 2.45) is 0 Å². The van der Waals surface area contributed by atoms with Gasteiger partial charge in [0.1, 0.15) is 0 Å². The van der Waals surface area contributed by atoms with Crippen molar-refractivity contribution < 1.29 is 14.3 Å². The van der Waals surface area contributed by atoms with Gasteiger partial charge in [-0.2, -0.15) is 0 Å². The number of rotatable bonds is 6. The Morgan fingerprint density at radius 3 is 2.71 bits per heavy atom. The number of likely N-dealkylation sites (tertiary alicyclic amines) is 1. The summed E-state index contributed by atoms with van der Waals surface area (Å²) < 4.78 is 11.1. The van der Waals surface area contributed by atoms with Gasteiger partial charge in [-0.3, -0.25) is 4.79 Å². The molecule has 0 aromatic heterocycles. The zero-order valence-corrected chi connectivity index (χ0v) is 12.8. The molecule has 0 spiro atoms. The van der Waals surface area contributed by atoms with Crippen LogP contribution in [0.1, 0.15) is 19.8 Å². The van der Waals surface area contributed by atoms with E-state index in [0.717, 1.165) is 25.9 Å². The fourth-order valence-electron chi connectivity index (χ4n) is 2.51. The molecule has 5 nitrogen and oxygen atoms in total. The average molecular weight is 292 g/mol. The highest BCUT2D eigenvalue weighted by atomic mass is 16.5. The largest absolute Gasteiger partial charge is 0.490 e. The van der Waals surface area contributed by atoms with E-state index in [-0.39, 0.29) is 12.5 Å². The molecule has 1 fully saturated rings. The van der Waals surface area contributed by atoms with Gasteiger partial charge in [0.2, 0.25) is 0 Å². The maximum atomic E-state index is 12.2. The molecule has 5 heteroatoms. The van der Waals surface area contributed by atoms with Gasteiger partial charge < -0.3 is 19.7 Å². The van der Waals surface area contributed by atoms with Crippen LogP contribution < -0.4 is 14.8 Å². The van der Waals surface area contributed by atoms with Crippen LogP contribution in [-0.2, 0) is 4.79 Å². The van der Waals surface area contributed by atoms with E-state index in [4.69, 9.17) is 9.47 Å². The second-order valence-corrected chi connectivity index (χ2v) is 5.14. The molecule has 1 N–H and O–H groups in total. The molecule has 1 saturated heterocycles. The molecule has 1 aliphatic rings. The van der Waals surface area contributed by atoms with Crippen molar-refractivity contribution in [3.63, 3.8) is 0 Å². The van der Waals surface area contributed by atoms with Gasteiger partial charge >= 0.3 is 0 Å². The quantitative estimate of drug-likeness (QED) is 0.866. The van der Waals surface area contributed by atoms with Gasteiger partial charge in [-0.25, -0.2) is 0 Å². The van der Waals surface area contributed by atoms with Crippen molar-refractivity contribution in [2.75, 3.05) is 33.4 Å². The van der Waals surface area contributed by atoms with Crippen molar-refractivity contribution in [3.05, 3.63) is 24.3 Å². The molecule has 2 rings (SSSR count). The lowest BCUT2D eigenvalue weighted by atomic mass is 10.1. The number of piperidine rings is 1. The van der Waals surface area contributed by atoms with Crippen LogP contribution in [0.4, 0.5) is 0 Å². The number of carbonyl (C=O) groups excluding carboxylic acids is 1. The lowest BCUT2D eigenvalue weighted by molar-refractivity contribution is -0.134. The number of nitrogens with one attached hydrogen (secondary N) is 1. The van der Waals surface area contributed by atoms with Crippen molar-refractivity contribution in [3.8, 4) is 11.5 Å². The summed E-state index contributed by atoms with van der Waals surface area (Å²) in [5, 5.41) is 3.23. The van der Waals surface area contributed by atoms with Crippen LogP contribution in [0.3, 0.4) is 0 Å². The Balaban J connectivity index is 1.89. The van der Waals surface area contributed by atoms with Gasteiger partial charge in [-0.15, -0.1) is 0 Å². The molecule has 1 unspecified atom stereocenters. The number of benzene rings is 1. The fraction of sp³-hybridized carbons (Fsp3) is 0.562. The summed E-state index contributed by atoms with van der Waals surface area (Å²) in [4.78, 5) is 14.1. The fourth-order valence-corrected chi connectivity index (χ4v) is 2.51. The first-order valence-corrected chi connectivity index (χ1v) is 7.54. The summed E-state index contributed by atoms with van der Waals surface area (Å²) in [5.41, 5.74) is 0. The summed E-state index contributed by atoms with van der Waals surface area (Å²) in [6.45, 7) is 4.12. The van der Waals surface area contributed by atoms with Gasteiger partial charge in [-0.05, 0) is 38.9 Å². The van der Waals surface area contributed by atoms with Gasteiger partial charge in [0.25, 0.3) is 5.91 Å². The topological polar surface area (TPSA) is 50.8 Å². The molecule has 1 aliphatic heterocycles. The number of carbonyl (C=O) groups is 1. The van der Waals surface area contributed by atoms with Crippen molar-refractivity contribution in [1.82, 2.24) is 10.2 Å². The maximum absolute atomic E-state index is 12.2. The molecular formula is C16H24N2O3. The lowest BCUT2D eigenvalue weighted by Gasteiger charge is -2.32. The van der Waals surface area contributed by atoms with Crippen molar-refractivity contribution >= 4 is 5.91 Å². The number of amides is 1. The van der Waals surface area contributed by atoms with Crippen LogP contribution in [0, 0.1) is 0 Å². The normalized spacial score (nSPS) is 18.4. The molecule has 1 heterocycles. The van der Waals surface area contributed by atoms with E-state index < -0.39 is 0 Å². The SMILES string of the molecule is CCOc1ccccc1OCC(=O)N1CCCC(NC)C1. The summed E-state index contributed by atoms with van der Waals surface area (Å²) in [6, 6.07) is 7.83. The number of nitrogens with zero attached hydrogens (tertiary/aromatic N) is 1. The average Bonchev–Trinajstić information content (AvgIpc) is 2.54. The van der Waals surface area contributed by atoms with Gasteiger partial charge in [0.15, 0.2) is 18.1 Å². The molecule has 1 aromatic rings. The van der Waals surface area contributed by atoms with Gasteiger partial charge in [0.05, 0.1) is 6.61 Å². The van der Waals surface area contributed by atoms with Crippen molar-refractivity contribution in [2.45, 2.75) is 25.8 Å². The van der Waals surface area contributed by atoms with Crippen LogP contribution in [-0.4, -0.2) is 50.2 Å². The molecule has 0 bridgehead atoms. The Labute approximate surface area is 126 Å². The number of hydrogen-bond donors (Lipinski definition) is 1. The van der Waals surface area contributed by atoms with E-state index in [1.807, 2.05) is 43.1 Å². The zero-order chi connectivity index (χ0) is 15.1. The molecule has 1 amide bonds. The van der Waals surface area contributed by atoms with Crippen LogP contribution in [0.2, 0.25) is 0 Å². The first kappa shape index (κ1) is 15.6. The first-order chi connectivity index (χ1) is 10.2. The minimum atomic E-state index is 0.0289. The molecule has 0 radical (unpaired) electrons. The van der Waals surface area contributed by atoms with E-state index in [1.54, 1.807) is 0 Å². The predicted molar refractivity (Wildman–Crippen MR) is 81.8 cm³/mol. The Hall–Kier alpha value is -1.75. The highest BCUT2D eigenvalue weighted by Crippen LogP contribution is 2.26. The summed E-state index contributed by atoms with van der Waals surface area (Å²) in [5.74, 6) is 1.33. The van der Waals surface area contributed by atoms with E-state index in [2.05, 4.69) is 5.32 Å². The third-order valence-electron chi connectivity index (χ3n) is 3.68. The number of para-hydroxylation sites is 2. The summed E-state index contributed by atoms with van der Waals surface area (Å²) >= 11 is 0. The molecule has 1 aromatic carbocycles.